The Morgan fingerprint density at radius 2 is 1.84 bits per heavy atom. The lowest BCUT2D eigenvalue weighted by atomic mass is 9.44. The first kappa shape index (κ1) is 17.5. The van der Waals surface area contributed by atoms with Crippen LogP contribution in [0.3, 0.4) is 0 Å². The van der Waals surface area contributed by atoms with Crippen molar-refractivity contribution in [3.05, 3.63) is 11.6 Å². The van der Waals surface area contributed by atoms with E-state index in [-0.39, 0.29) is 17.4 Å². The lowest BCUT2D eigenvalue weighted by Crippen LogP contribution is -2.53. The topological polar surface area (TPSA) is 54.4 Å². The molecule has 0 amide bonds. The van der Waals surface area contributed by atoms with Crippen LogP contribution in [-0.4, -0.2) is 23.3 Å². The predicted molar refractivity (Wildman–Crippen MR) is 96.9 cm³/mol. The second-order valence-electron chi connectivity index (χ2n) is 9.59. The van der Waals surface area contributed by atoms with Crippen LogP contribution in [-0.2, 0) is 9.59 Å². The van der Waals surface area contributed by atoms with Crippen molar-refractivity contribution in [2.75, 3.05) is 6.61 Å². The van der Waals surface area contributed by atoms with Gasteiger partial charge in [-0.05, 0) is 80.1 Å². The van der Waals surface area contributed by atoms with Gasteiger partial charge in [-0.25, -0.2) is 0 Å². The van der Waals surface area contributed by atoms with Gasteiger partial charge < -0.3 is 5.11 Å². The van der Waals surface area contributed by atoms with Gasteiger partial charge in [0.05, 0.1) is 0 Å². The highest BCUT2D eigenvalue weighted by molar-refractivity contribution is 5.91. The highest BCUT2D eigenvalue weighted by Gasteiger charge is 2.61. The fourth-order valence-corrected chi connectivity index (χ4v) is 7.13. The van der Waals surface area contributed by atoms with Gasteiger partial charge in [0, 0.05) is 24.9 Å². The largest absolute Gasteiger partial charge is 0.396 e. The summed E-state index contributed by atoms with van der Waals surface area (Å²) in [6.45, 7) is 4.86. The van der Waals surface area contributed by atoms with Gasteiger partial charge in [-0.15, -0.1) is 0 Å². The molecule has 0 saturated heterocycles. The zero-order chi connectivity index (χ0) is 17.8. The van der Waals surface area contributed by atoms with Gasteiger partial charge >= 0.3 is 0 Å². The third kappa shape index (κ3) is 2.49. The summed E-state index contributed by atoms with van der Waals surface area (Å²) in [6, 6.07) is 0. The molecule has 4 rings (SSSR count). The number of hydrogen-bond acceptors (Lipinski definition) is 3. The molecule has 0 aromatic rings. The molecule has 3 saturated carbocycles. The first-order valence-corrected chi connectivity index (χ1v) is 10.3. The van der Waals surface area contributed by atoms with Gasteiger partial charge in [-0.1, -0.05) is 19.4 Å². The SMILES string of the molecule is C[C@]12CCC(=O)C=C1CC(CCCO)[C@@H]1[C@@H]2CC[C@]2(C)C(=O)CC[C@@H]12. The van der Waals surface area contributed by atoms with Crippen LogP contribution in [0.15, 0.2) is 11.6 Å². The van der Waals surface area contributed by atoms with E-state index in [1.165, 1.54) is 5.57 Å². The smallest absolute Gasteiger partial charge is 0.155 e. The molecule has 138 valence electrons. The lowest BCUT2D eigenvalue weighted by Gasteiger charge is -2.59. The van der Waals surface area contributed by atoms with Gasteiger partial charge in [-0.3, -0.25) is 9.59 Å². The number of hydrogen-bond donors (Lipinski definition) is 1. The van der Waals surface area contributed by atoms with E-state index in [1.54, 1.807) is 0 Å². The molecule has 0 aromatic carbocycles. The Bertz CT molecular complexity index is 621. The Labute approximate surface area is 151 Å². The minimum Gasteiger partial charge on any atom is -0.396 e. The van der Waals surface area contributed by atoms with Crippen LogP contribution >= 0.6 is 0 Å². The van der Waals surface area contributed by atoms with Crippen molar-refractivity contribution in [1.29, 1.82) is 0 Å². The lowest BCUT2D eigenvalue weighted by molar-refractivity contribution is -0.135. The third-order valence-corrected chi connectivity index (χ3v) is 8.58. The normalized spacial score (nSPS) is 46.3. The number of carbonyl (C=O) groups excluding carboxylic acids is 2. The standard InChI is InChI=1S/C22H32O3/c1-21-9-7-16(24)13-15(21)12-14(4-3-11-23)20-17-5-6-19(25)22(17,2)10-8-18(20)21/h13-14,17-18,20,23H,3-12H2,1-2H3/t14?,17-,18-,20-,21-,22-/m0/s1. The summed E-state index contributed by atoms with van der Waals surface area (Å²) in [5.74, 6) is 3.02. The molecule has 3 nitrogen and oxygen atoms in total. The van der Waals surface area contributed by atoms with Crippen LogP contribution < -0.4 is 0 Å². The van der Waals surface area contributed by atoms with Gasteiger partial charge in [0.1, 0.15) is 5.78 Å². The van der Waals surface area contributed by atoms with E-state index in [4.69, 9.17) is 0 Å². The van der Waals surface area contributed by atoms with Crippen molar-refractivity contribution in [2.24, 2.45) is 34.5 Å². The third-order valence-electron chi connectivity index (χ3n) is 8.58. The van der Waals surface area contributed by atoms with Crippen molar-refractivity contribution < 1.29 is 14.7 Å². The maximum absolute atomic E-state index is 12.6. The monoisotopic (exact) mass is 344 g/mol. The fourth-order valence-electron chi connectivity index (χ4n) is 7.13. The van der Waals surface area contributed by atoms with Crippen molar-refractivity contribution in [3.8, 4) is 0 Å². The Balaban J connectivity index is 1.73. The minimum atomic E-state index is -0.110. The van der Waals surface area contributed by atoms with E-state index >= 15 is 0 Å². The molecule has 0 aromatic heterocycles. The van der Waals surface area contributed by atoms with Gasteiger partial charge in [0.15, 0.2) is 5.78 Å². The number of carbonyl (C=O) groups is 2. The molecule has 1 unspecified atom stereocenters. The van der Waals surface area contributed by atoms with Crippen LogP contribution in [0.1, 0.15) is 71.6 Å². The first-order valence-electron chi connectivity index (χ1n) is 10.3. The highest BCUT2D eigenvalue weighted by atomic mass is 16.3. The van der Waals surface area contributed by atoms with E-state index in [1.807, 2.05) is 6.08 Å². The number of Topliss-reactive ketones (excluding diaryl/α,β-unsaturated/α-hetero) is 1. The molecular weight excluding hydrogens is 312 g/mol. The van der Waals surface area contributed by atoms with Gasteiger partial charge in [-0.2, -0.15) is 0 Å². The second kappa shape index (κ2) is 6.04. The summed E-state index contributed by atoms with van der Waals surface area (Å²) in [7, 11) is 0. The molecule has 3 fully saturated rings. The molecule has 0 heterocycles. The van der Waals surface area contributed by atoms with Crippen LogP contribution in [0.25, 0.3) is 0 Å². The molecule has 6 atom stereocenters. The van der Waals surface area contributed by atoms with Crippen LogP contribution in [0.5, 0.6) is 0 Å². The zero-order valence-corrected chi connectivity index (χ0v) is 15.7. The van der Waals surface area contributed by atoms with Crippen LogP contribution in [0.4, 0.5) is 0 Å². The molecular formula is C22H32O3. The Morgan fingerprint density at radius 1 is 1.08 bits per heavy atom. The molecule has 1 N–H and O–H groups in total. The first-order chi connectivity index (χ1) is 11.9. The minimum absolute atomic E-state index is 0.110. The van der Waals surface area contributed by atoms with E-state index in [9.17, 15) is 14.7 Å². The summed E-state index contributed by atoms with van der Waals surface area (Å²) >= 11 is 0. The summed E-state index contributed by atoms with van der Waals surface area (Å²) in [5.41, 5.74) is 1.42. The van der Waals surface area contributed by atoms with Crippen molar-refractivity contribution in [2.45, 2.75) is 71.6 Å². The van der Waals surface area contributed by atoms with Gasteiger partial charge in [0.2, 0.25) is 0 Å². The average Bonchev–Trinajstić information content (AvgIpc) is 2.89. The molecule has 3 heteroatoms. The number of ketones is 2. The Hall–Kier alpha value is -0.960. The summed E-state index contributed by atoms with van der Waals surface area (Å²) in [6.07, 6.45) is 10.5. The average molecular weight is 344 g/mol. The summed E-state index contributed by atoms with van der Waals surface area (Å²) in [4.78, 5) is 24.7. The molecule has 0 spiro atoms. The highest BCUT2D eigenvalue weighted by Crippen LogP contribution is 2.66. The molecule has 25 heavy (non-hydrogen) atoms. The fraction of sp³-hybridized carbons (Fsp3) is 0.818. The zero-order valence-electron chi connectivity index (χ0n) is 15.7. The maximum Gasteiger partial charge on any atom is 0.155 e. The number of aliphatic hydroxyl groups is 1. The molecule has 0 bridgehead atoms. The summed E-state index contributed by atoms with van der Waals surface area (Å²) < 4.78 is 0. The van der Waals surface area contributed by atoms with Crippen molar-refractivity contribution in [1.82, 2.24) is 0 Å². The molecule has 0 radical (unpaired) electrons. The van der Waals surface area contributed by atoms with E-state index in [2.05, 4.69) is 13.8 Å². The number of allylic oxidation sites excluding steroid dienone is 1. The van der Waals surface area contributed by atoms with Gasteiger partial charge in [0.25, 0.3) is 0 Å². The Morgan fingerprint density at radius 3 is 2.60 bits per heavy atom. The van der Waals surface area contributed by atoms with Crippen molar-refractivity contribution in [3.63, 3.8) is 0 Å². The number of fused-ring (bicyclic) bond motifs is 5. The Kier molecular flexibility index (Phi) is 4.22. The van der Waals surface area contributed by atoms with Crippen LogP contribution in [0.2, 0.25) is 0 Å². The van der Waals surface area contributed by atoms with Crippen LogP contribution in [0, 0.1) is 34.5 Å². The molecule has 4 aliphatic carbocycles. The quantitative estimate of drug-likeness (QED) is 0.839. The summed E-state index contributed by atoms with van der Waals surface area (Å²) in [5, 5.41) is 9.38. The second-order valence-corrected chi connectivity index (χ2v) is 9.59. The number of aliphatic hydroxyl groups excluding tert-OH is 1. The van der Waals surface area contributed by atoms with E-state index in [0.717, 1.165) is 51.4 Å². The maximum atomic E-state index is 12.6. The van der Waals surface area contributed by atoms with E-state index in [0.29, 0.717) is 41.7 Å². The molecule has 4 aliphatic rings. The predicted octanol–water partition coefficient (Wildman–Crippen LogP) is 4.09. The van der Waals surface area contributed by atoms with E-state index < -0.39 is 0 Å². The number of rotatable bonds is 3. The van der Waals surface area contributed by atoms with Crippen molar-refractivity contribution >= 4 is 11.6 Å². The molecule has 0 aliphatic heterocycles.